The zero-order chi connectivity index (χ0) is 23.2. The van der Waals surface area contributed by atoms with Crippen LogP contribution in [-0.2, 0) is 16.6 Å². The molecule has 174 valence electrons. The number of aryl methyl sites for hydroxylation is 2. The van der Waals surface area contributed by atoms with E-state index in [2.05, 4.69) is 38.0 Å². The van der Waals surface area contributed by atoms with Gasteiger partial charge >= 0.3 is 0 Å². The highest BCUT2D eigenvalue weighted by Gasteiger charge is 2.38. The average Bonchev–Trinajstić information content (AvgIpc) is 3.24. The first-order valence-corrected chi connectivity index (χ1v) is 12.0. The summed E-state index contributed by atoms with van der Waals surface area (Å²) in [4.78, 5) is 30.6. The van der Waals surface area contributed by atoms with E-state index in [1.54, 1.807) is 4.57 Å². The molecule has 1 amide bonds. The summed E-state index contributed by atoms with van der Waals surface area (Å²) in [5.41, 5.74) is 2.74. The lowest BCUT2D eigenvalue weighted by Gasteiger charge is -2.35. The van der Waals surface area contributed by atoms with Crippen LogP contribution < -0.4 is 10.9 Å². The predicted molar refractivity (Wildman–Crippen MR) is 127 cm³/mol. The molecule has 0 aromatic carbocycles. The second-order valence-electron chi connectivity index (χ2n) is 11.0. The number of aromatic nitrogens is 2. The summed E-state index contributed by atoms with van der Waals surface area (Å²) in [5.74, 6) is 0.506. The molecule has 1 N–H and O–H groups in total. The molecule has 5 atom stereocenters. The SMILES string of the molecule is Cc1cc2c(cn1)cc(C1CC(NC(=O)C3CCC(C(C)(C)C)O3)CCC1C)c(=O)n2C. The van der Waals surface area contributed by atoms with Gasteiger partial charge in [-0.25, -0.2) is 0 Å². The monoisotopic (exact) mass is 439 g/mol. The summed E-state index contributed by atoms with van der Waals surface area (Å²) < 4.78 is 7.83. The van der Waals surface area contributed by atoms with Crippen molar-refractivity contribution in [1.29, 1.82) is 0 Å². The third-order valence-electron chi connectivity index (χ3n) is 7.49. The number of ether oxygens (including phenoxy) is 1. The largest absolute Gasteiger partial charge is 0.365 e. The van der Waals surface area contributed by atoms with Gasteiger partial charge in [0.2, 0.25) is 5.91 Å². The van der Waals surface area contributed by atoms with E-state index in [-0.39, 0.29) is 41.0 Å². The fraction of sp³-hybridized carbons (Fsp3) is 0.654. The third-order valence-corrected chi connectivity index (χ3v) is 7.49. The van der Waals surface area contributed by atoms with Crippen molar-refractivity contribution in [3.05, 3.63) is 39.9 Å². The maximum atomic E-state index is 13.2. The lowest BCUT2D eigenvalue weighted by atomic mass is 9.74. The van der Waals surface area contributed by atoms with Crippen molar-refractivity contribution in [3.8, 4) is 0 Å². The molecule has 1 aliphatic carbocycles. The quantitative estimate of drug-likeness (QED) is 0.777. The molecule has 2 aromatic rings. The van der Waals surface area contributed by atoms with Crippen LogP contribution in [0, 0.1) is 18.3 Å². The van der Waals surface area contributed by atoms with Crippen LogP contribution in [0.3, 0.4) is 0 Å². The van der Waals surface area contributed by atoms with Crippen LogP contribution in [0.5, 0.6) is 0 Å². The van der Waals surface area contributed by atoms with Crippen molar-refractivity contribution in [2.24, 2.45) is 18.4 Å². The molecule has 32 heavy (non-hydrogen) atoms. The van der Waals surface area contributed by atoms with Crippen molar-refractivity contribution in [3.63, 3.8) is 0 Å². The molecule has 5 unspecified atom stereocenters. The van der Waals surface area contributed by atoms with Crippen LogP contribution in [0.2, 0.25) is 0 Å². The minimum absolute atomic E-state index is 0.00106. The van der Waals surface area contributed by atoms with Crippen LogP contribution in [0.25, 0.3) is 10.9 Å². The topological polar surface area (TPSA) is 73.2 Å². The number of hydrogen-bond donors (Lipinski definition) is 1. The molecule has 6 nitrogen and oxygen atoms in total. The molecule has 0 bridgehead atoms. The van der Waals surface area contributed by atoms with Crippen LogP contribution in [-0.4, -0.2) is 33.7 Å². The lowest BCUT2D eigenvalue weighted by molar-refractivity contribution is -0.135. The summed E-state index contributed by atoms with van der Waals surface area (Å²) in [6.45, 7) is 10.6. The Hall–Kier alpha value is -2.21. The van der Waals surface area contributed by atoms with Gasteiger partial charge in [-0.05, 0) is 68.4 Å². The Labute approximate surface area is 190 Å². The zero-order valence-corrected chi connectivity index (χ0v) is 20.3. The Morgan fingerprint density at radius 1 is 1.19 bits per heavy atom. The van der Waals surface area contributed by atoms with Crippen molar-refractivity contribution in [1.82, 2.24) is 14.9 Å². The van der Waals surface area contributed by atoms with Crippen molar-refractivity contribution in [2.75, 3.05) is 0 Å². The second kappa shape index (κ2) is 8.62. The Morgan fingerprint density at radius 2 is 1.94 bits per heavy atom. The minimum Gasteiger partial charge on any atom is -0.365 e. The van der Waals surface area contributed by atoms with Crippen LogP contribution in [0.15, 0.2) is 23.1 Å². The Balaban J connectivity index is 1.51. The Kier molecular flexibility index (Phi) is 6.19. The first-order chi connectivity index (χ1) is 15.0. The van der Waals surface area contributed by atoms with Crippen LogP contribution >= 0.6 is 0 Å². The van der Waals surface area contributed by atoms with Crippen molar-refractivity contribution >= 4 is 16.8 Å². The van der Waals surface area contributed by atoms with Gasteiger partial charge in [0.25, 0.3) is 5.56 Å². The molecule has 2 aromatic heterocycles. The van der Waals surface area contributed by atoms with E-state index in [1.165, 1.54) is 0 Å². The van der Waals surface area contributed by atoms with Gasteiger partial charge in [-0.3, -0.25) is 14.6 Å². The highest BCUT2D eigenvalue weighted by atomic mass is 16.5. The number of carbonyl (C=O) groups excluding carboxylic acids is 1. The highest BCUT2D eigenvalue weighted by molar-refractivity contribution is 5.81. The number of hydrogen-bond acceptors (Lipinski definition) is 4. The molecule has 1 saturated carbocycles. The Bertz CT molecular complexity index is 1070. The smallest absolute Gasteiger partial charge is 0.254 e. The lowest BCUT2D eigenvalue weighted by Crippen LogP contribution is -2.45. The number of fused-ring (bicyclic) bond motifs is 1. The molecule has 0 spiro atoms. The average molecular weight is 440 g/mol. The molecule has 1 saturated heterocycles. The van der Waals surface area contributed by atoms with E-state index >= 15 is 0 Å². The van der Waals surface area contributed by atoms with Gasteiger partial charge in [0.05, 0.1) is 11.6 Å². The van der Waals surface area contributed by atoms with Gasteiger partial charge in [-0.1, -0.05) is 27.7 Å². The maximum Gasteiger partial charge on any atom is 0.254 e. The number of carbonyl (C=O) groups is 1. The van der Waals surface area contributed by atoms with Gasteiger partial charge < -0.3 is 14.6 Å². The summed E-state index contributed by atoms with van der Waals surface area (Å²) in [5, 5.41) is 4.23. The molecule has 1 aliphatic heterocycles. The first-order valence-electron chi connectivity index (χ1n) is 12.0. The van der Waals surface area contributed by atoms with E-state index in [9.17, 15) is 9.59 Å². The maximum absolute atomic E-state index is 13.2. The van der Waals surface area contributed by atoms with E-state index < -0.39 is 0 Å². The number of amides is 1. The van der Waals surface area contributed by atoms with E-state index in [1.807, 2.05) is 32.3 Å². The fourth-order valence-corrected chi connectivity index (χ4v) is 5.40. The molecule has 2 fully saturated rings. The predicted octanol–water partition coefficient (Wildman–Crippen LogP) is 4.22. The van der Waals surface area contributed by atoms with Gasteiger partial charge in [-0.2, -0.15) is 0 Å². The van der Waals surface area contributed by atoms with Crippen LogP contribution in [0.4, 0.5) is 0 Å². The summed E-state index contributed by atoms with van der Waals surface area (Å²) in [6.07, 6.45) is 6.01. The number of pyridine rings is 2. The number of nitrogens with zero attached hydrogens (tertiary/aromatic N) is 2. The summed E-state index contributed by atoms with van der Waals surface area (Å²) >= 11 is 0. The molecule has 3 heterocycles. The third kappa shape index (κ3) is 4.47. The number of nitrogens with one attached hydrogen (secondary N) is 1. The number of rotatable bonds is 3. The van der Waals surface area contributed by atoms with Gasteiger partial charge in [-0.15, -0.1) is 0 Å². The van der Waals surface area contributed by atoms with Crippen molar-refractivity contribution < 1.29 is 9.53 Å². The fourth-order valence-electron chi connectivity index (χ4n) is 5.40. The minimum atomic E-state index is -0.361. The molecule has 0 radical (unpaired) electrons. The Morgan fingerprint density at radius 3 is 2.62 bits per heavy atom. The highest BCUT2D eigenvalue weighted by Crippen LogP contribution is 2.38. The van der Waals surface area contributed by atoms with Gasteiger partial charge in [0.15, 0.2) is 0 Å². The normalized spacial score (nSPS) is 28.8. The van der Waals surface area contributed by atoms with Gasteiger partial charge in [0, 0.05) is 35.9 Å². The van der Waals surface area contributed by atoms with E-state index in [0.717, 1.165) is 54.3 Å². The summed E-state index contributed by atoms with van der Waals surface area (Å²) in [6, 6.07) is 4.04. The molecule has 6 heteroatoms. The van der Waals surface area contributed by atoms with E-state index in [0.29, 0.717) is 5.92 Å². The molecule has 4 rings (SSSR count). The molecular weight excluding hydrogens is 402 g/mol. The molecular formula is C26H37N3O3. The first kappa shape index (κ1) is 23.0. The summed E-state index contributed by atoms with van der Waals surface area (Å²) in [7, 11) is 1.84. The molecule has 2 aliphatic rings. The van der Waals surface area contributed by atoms with Crippen molar-refractivity contribution in [2.45, 2.75) is 90.9 Å². The van der Waals surface area contributed by atoms with Gasteiger partial charge in [0.1, 0.15) is 6.10 Å². The zero-order valence-electron chi connectivity index (χ0n) is 20.3. The van der Waals surface area contributed by atoms with E-state index in [4.69, 9.17) is 4.74 Å². The van der Waals surface area contributed by atoms with Crippen LogP contribution in [0.1, 0.15) is 77.0 Å². The second-order valence-corrected chi connectivity index (χ2v) is 11.0. The standard InChI is InChI=1S/C26H37N3O3/c1-15-7-8-18(28-24(30)22-9-10-23(32-22)26(3,4)5)13-19(15)20-12-17-14-27-16(2)11-21(17)29(6)25(20)31/h11-12,14-15,18-19,22-23H,7-10,13H2,1-6H3,(H,28,30).